The molecule has 0 radical (unpaired) electrons. The minimum absolute atomic E-state index is 0.266. The van der Waals surface area contributed by atoms with Crippen LogP contribution in [-0.2, 0) is 9.53 Å². The number of rotatable bonds is 15. The van der Waals surface area contributed by atoms with Crippen LogP contribution in [0, 0.1) is 0 Å². The standard InChI is InChI=1S/C17H34O5/c1-2-3-4-5-6-7-8-9-10-11-12-17(21)22-14-16(20)15(19)13-18/h15-16,18-20H,2-14H2,1H3/t15-,16+/m1/s1. The first-order chi connectivity index (χ1) is 10.6. The number of hydrogen-bond acceptors (Lipinski definition) is 5. The summed E-state index contributed by atoms with van der Waals surface area (Å²) in [5.74, 6) is -0.358. The van der Waals surface area contributed by atoms with Crippen LogP contribution in [0.4, 0.5) is 0 Å². The number of carbonyl (C=O) groups excluding carboxylic acids is 1. The van der Waals surface area contributed by atoms with E-state index in [4.69, 9.17) is 14.9 Å². The summed E-state index contributed by atoms with van der Waals surface area (Å²) in [5, 5.41) is 27.1. The van der Waals surface area contributed by atoms with E-state index in [1.807, 2.05) is 0 Å². The highest BCUT2D eigenvalue weighted by Crippen LogP contribution is 2.11. The molecular weight excluding hydrogens is 284 g/mol. The fourth-order valence-electron chi connectivity index (χ4n) is 2.24. The Hall–Kier alpha value is -0.650. The van der Waals surface area contributed by atoms with E-state index in [9.17, 15) is 9.90 Å². The van der Waals surface area contributed by atoms with Crippen LogP contribution in [-0.4, -0.2) is 46.7 Å². The fourth-order valence-corrected chi connectivity index (χ4v) is 2.24. The molecule has 0 fully saturated rings. The first-order valence-corrected chi connectivity index (χ1v) is 8.74. The van der Waals surface area contributed by atoms with Gasteiger partial charge in [0.15, 0.2) is 0 Å². The van der Waals surface area contributed by atoms with Crippen molar-refractivity contribution < 1.29 is 24.9 Å². The molecule has 0 saturated carbocycles. The van der Waals surface area contributed by atoms with Gasteiger partial charge in [0.1, 0.15) is 18.8 Å². The summed E-state index contributed by atoms with van der Waals surface area (Å²) < 4.78 is 4.85. The normalized spacial score (nSPS) is 13.8. The van der Waals surface area contributed by atoms with Crippen molar-refractivity contribution in [3.63, 3.8) is 0 Å². The van der Waals surface area contributed by atoms with Gasteiger partial charge in [0.25, 0.3) is 0 Å². The van der Waals surface area contributed by atoms with E-state index in [-0.39, 0.29) is 12.6 Å². The monoisotopic (exact) mass is 318 g/mol. The molecule has 0 bridgehead atoms. The minimum atomic E-state index is -1.26. The van der Waals surface area contributed by atoms with E-state index >= 15 is 0 Å². The third kappa shape index (κ3) is 13.0. The van der Waals surface area contributed by atoms with Crippen molar-refractivity contribution in [2.24, 2.45) is 0 Å². The summed E-state index contributed by atoms with van der Waals surface area (Å²) in [4.78, 5) is 11.4. The SMILES string of the molecule is CCCCCCCCCCCCC(=O)OC[C@H](O)[C@H](O)CO. The van der Waals surface area contributed by atoms with Crippen molar-refractivity contribution >= 4 is 5.97 Å². The maximum absolute atomic E-state index is 11.4. The van der Waals surface area contributed by atoms with Crippen LogP contribution in [0.5, 0.6) is 0 Å². The molecule has 5 heteroatoms. The van der Waals surface area contributed by atoms with Gasteiger partial charge in [-0.25, -0.2) is 0 Å². The Kier molecular flexibility index (Phi) is 14.8. The first-order valence-electron chi connectivity index (χ1n) is 8.74. The van der Waals surface area contributed by atoms with E-state index < -0.39 is 18.8 Å². The number of aliphatic hydroxyl groups is 3. The predicted molar refractivity (Wildman–Crippen MR) is 86.5 cm³/mol. The highest BCUT2D eigenvalue weighted by Gasteiger charge is 2.16. The lowest BCUT2D eigenvalue weighted by Crippen LogP contribution is -2.34. The molecule has 0 spiro atoms. The molecule has 132 valence electrons. The summed E-state index contributed by atoms with van der Waals surface area (Å²) >= 11 is 0. The second-order valence-corrected chi connectivity index (χ2v) is 5.93. The second kappa shape index (κ2) is 15.3. The number of unbranched alkanes of at least 4 members (excludes halogenated alkanes) is 9. The van der Waals surface area contributed by atoms with Crippen LogP contribution >= 0.6 is 0 Å². The highest BCUT2D eigenvalue weighted by molar-refractivity contribution is 5.69. The molecule has 0 saturated heterocycles. The average Bonchev–Trinajstić information content (AvgIpc) is 2.53. The Morgan fingerprint density at radius 2 is 1.36 bits per heavy atom. The van der Waals surface area contributed by atoms with Crippen molar-refractivity contribution in [2.45, 2.75) is 89.8 Å². The highest BCUT2D eigenvalue weighted by atomic mass is 16.5. The third-order valence-corrected chi connectivity index (χ3v) is 3.78. The van der Waals surface area contributed by atoms with E-state index in [0.717, 1.165) is 19.3 Å². The van der Waals surface area contributed by atoms with Crippen LogP contribution in [0.25, 0.3) is 0 Å². The molecular formula is C17H34O5. The quantitative estimate of drug-likeness (QED) is 0.319. The maximum atomic E-state index is 11.4. The molecule has 0 aromatic rings. The van der Waals surface area contributed by atoms with Crippen molar-refractivity contribution in [1.82, 2.24) is 0 Å². The predicted octanol–water partition coefficient (Wildman–Crippen LogP) is 2.55. The van der Waals surface area contributed by atoms with Crippen LogP contribution in [0.3, 0.4) is 0 Å². The molecule has 0 aliphatic heterocycles. The number of ether oxygens (including phenoxy) is 1. The van der Waals surface area contributed by atoms with Gasteiger partial charge < -0.3 is 20.1 Å². The van der Waals surface area contributed by atoms with Crippen molar-refractivity contribution in [3.8, 4) is 0 Å². The van der Waals surface area contributed by atoms with Gasteiger partial charge in [-0.05, 0) is 6.42 Å². The Balaban J connectivity index is 3.32. The molecule has 5 nitrogen and oxygen atoms in total. The second-order valence-electron chi connectivity index (χ2n) is 5.93. The van der Waals surface area contributed by atoms with Crippen LogP contribution in [0.2, 0.25) is 0 Å². The summed E-state index contributed by atoms with van der Waals surface area (Å²) in [6.07, 6.45) is 9.95. The van der Waals surface area contributed by atoms with Gasteiger partial charge in [0.2, 0.25) is 0 Å². The number of hydrogen-bond donors (Lipinski definition) is 3. The summed E-state index contributed by atoms with van der Waals surface area (Å²) in [5.41, 5.74) is 0. The molecule has 0 rings (SSSR count). The van der Waals surface area contributed by atoms with E-state index in [0.29, 0.717) is 6.42 Å². The van der Waals surface area contributed by atoms with Gasteiger partial charge in [0, 0.05) is 6.42 Å². The lowest BCUT2D eigenvalue weighted by Gasteiger charge is -2.15. The van der Waals surface area contributed by atoms with Crippen LogP contribution < -0.4 is 0 Å². The number of aliphatic hydroxyl groups excluding tert-OH is 3. The molecule has 0 aliphatic rings. The molecule has 0 amide bonds. The Labute approximate surface area is 134 Å². The zero-order valence-electron chi connectivity index (χ0n) is 14.0. The Morgan fingerprint density at radius 3 is 1.86 bits per heavy atom. The molecule has 22 heavy (non-hydrogen) atoms. The van der Waals surface area contributed by atoms with Crippen LogP contribution in [0.1, 0.15) is 77.6 Å². The number of carbonyl (C=O) groups is 1. The van der Waals surface area contributed by atoms with Gasteiger partial charge in [0.05, 0.1) is 6.61 Å². The largest absolute Gasteiger partial charge is 0.463 e. The lowest BCUT2D eigenvalue weighted by atomic mass is 10.1. The number of esters is 1. The zero-order chi connectivity index (χ0) is 16.6. The molecule has 0 heterocycles. The lowest BCUT2D eigenvalue weighted by molar-refractivity contribution is -0.149. The van der Waals surface area contributed by atoms with Crippen LogP contribution in [0.15, 0.2) is 0 Å². The average molecular weight is 318 g/mol. The molecule has 0 aliphatic carbocycles. The molecule has 0 unspecified atom stereocenters. The van der Waals surface area contributed by atoms with Gasteiger partial charge in [-0.3, -0.25) is 4.79 Å². The smallest absolute Gasteiger partial charge is 0.305 e. The molecule has 2 atom stereocenters. The molecule has 3 N–H and O–H groups in total. The van der Waals surface area contributed by atoms with E-state index in [1.54, 1.807) is 0 Å². The van der Waals surface area contributed by atoms with Crippen molar-refractivity contribution in [2.75, 3.05) is 13.2 Å². The first kappa shape index (κ1) is 21.4. The molecule has 0 aromatic heterocycles. The summed E-state index contributed by atoms with van der Waals surface area (Å²) in [6, 6.07) is 0. The Bertz CT molecular complexity index is 257. The van der Waals surface area contributed by atoms with Gasteiger partial charge >= 0.3 is 5.97 Å². The van der Waals surface area contributed by atoms with E-state index in [1.165, 1.54) is 44.9 Å². The van der Waals surface area contributed by atoms with Crippen molar-refractivity contribution in [3.05, 3.63) is 0 Å². The van der Waals surface area contributed by atoms with Gasteiger partial charge in [-0.15, -0.1) is 0 Å². The summed E-state index contributed by atoms with van der Waals surface area (Å²) in [7, 11) is 0. The Morgan fingerprint density at radius 1 is 0.864 bits per heavy atom. The zero-order valence-corrected chi connectivity index (χ0v) is 14.0. The topological polar surface area (TPSA) is 87.0 Å². The van der Waals surface area contributed by atoms with Crippen molar-refractivity contribution in [1.29, 1.82) is 0 Å². The summed E-state index contributed by atoms with van der Waals surface area (Å²) in [6.45, 7) is 1.41. The van der Waals surface area contributed by atoms with Gasteiger partial charge in [-0.1, -0.05) is 64.7 Å². The fraction of sp³-hybridized carbons (Fsp3) is 0.941. The maximum Gasteiger partial charge on any atom is 0.305 e. The third-order valence-electron chi connectivity index (χ3n) is 3.78. The minimum Gasteiger partial charge on any atom is -0.463 e. The van der Waals surface area contributed by atoms with Gasteiger partial charge in [-0.2, -0.15) is 0 Å². The molecule has 0 aromatic carbocycles. The van der Waals surface area contributed by atoms with E-state index in [2.05, 4.69) is 6.92 Å².